The van der Waals surface area contributed by atoms with Crippen molar-refractivity contribution in [2.75, 3.05) is 12.4 Å². The summed E-state index contributed by atoms with van der Waals surface area (Å²) in [5.41, 5.74) is -0.348. The Bertz CT molecular complexity index is 659. The van der Waals surface area contributed by atoms with E-state index in [9.17, 15) is 18.3 Å². The van der Waals surface area contributed by atoms with Crippen LogP contribution < -0.4 is 5.32 Å². The predicted octanol–water partition coefficient (Wildman–Crippen LogP) is 4.44. The van der Waals surface area contributed by atoms with Crippen molar-refractivity contribution in [3.63, 3.8) is 0 Å². The average molecular weight is 297 g/mol. The van der Waals surface area contributed by atoms with Gasteiger partial charge < -0.3 is 14.8 Å². The highest BCUT2D eigenvalue weighted by Crippen LogP contribution is 2.43. The van der Waals surface area contributed by atoms with E-state index in [1.165, 1.54) is 18.2 Å². The molecular formula is C15H14F3NO2. The maximum absolute atomic E-state index is 12.8. The molecule has 2 rings (SSSR count). The van der Waals surface area contributed by atoms with E-state index in [2.05, 4.69) is 11.9 Å². The molecule has 1 aromatic heterocycles. The van der Waals surface area contributed by atoms with Gasteiger partial charge in [-0.1, -0.05) is 18.2 Å². The van der Waals surface area contributed by atoms with Crippen molar-refractivity contribution in [2.24, 2.45) is 0 Å². The van der Waals surface area contributed by atoms with E-state index in [0.29, 0.717) is 0 Å². The van der Waals surface area contributed by atoms with E-state index in [1.807, 2.05) is 0 Å². The Labute approximate surface area is 119 Å². The van der Waals surface area contributed by atoms with Crippen LogP contribution in [0.1, 0.15) is 11.3 Å². The van der Waals surface area contributed by atoms with Crippen LogP contribution >= 0.6 is 0 Å². The highest BCUT2D eigenvalue weighted by molar-refractivity contribution is 5.81. The minimum atomic E-state index is -4.45. The zero-order valence-electron chi connectivity index (χ0n) is 11.3. The molecule has 0 radical (unpaired) electrons. The van der Waals surface area contributed by atoms with E-state index < -0.39 is 11.7 Å². The summed E-state index contributed by atoms with van der Waals surface area (Å²) in [6.45, 7) is 3.54. The first-order valence-corrected chi connectivity index (χ1v) is 6.19. The zero-order chi connectivity index (χ0) is 15.6. The van der Waals surface area contributed by atoms with Gasteiger partial charge in [0.25, 0.3) is 0 Å². The summed E-state index contributed by atoms with van der Waals surface area (Å²) in [7, 11) is 1.56. The van der Waals surface area contributed by atoms with E-state index in [-0.39, 0.29) is 34.9 Å². The Balaban J connectivity index is 2.58. The van der Waals surface area contributed by atoms with E-state index in [4.69, 9.17) is 4.42 Å². The number of aromatic hydroxyl groups is 1. The lowest BCUT2D eigenvalue weighted by atomic mass is 10.0. The molecule has 0 atom stereocenters. The van der Waals surface area contributed by atoms with Crippen LogP contribution in [0.5, 0.6) is 5.75 Å². The first kappa shape index (κ1) is 15.0. The normalized spacial score (nSPS) is 11.4. The highest BCUT2D eigenvalue weighted by Gasteiger charge is 2.31. The molecule has 0 aliphatic rings. The molecule has 1 aromatic carbocycles. The number of halogens is 3. The van der Waals surface area contributed by atoms with Gasteiger partial charge in [0.2, 0.25) is 5.88 Å². The van der Waals surface area contributed by atoms with Crippen molar-refractivity contribution >= 4 is 5.88 Å². The van der Waals surface area contributed by atoms with Crippen LogP contribution in [0.25, 0.3) is 11.1 Å². The maximum Gasteiger partial charge on any atom is 0.416 e. The third-order valence-corrected chi connectivity index (χ3v) is 2.99. The maximum atomic E-state index is 12.8. The highest BCUT2D eigenvalue weighted by atomic mass is 19.4. The van der Waals surface area contributed by atoms with Crippen LogP contribution in [0.2, 0.25) is 0 Å². The fraction of sp³-hybridized carbons (Fsp3) is 0.200. The molecule has 0 aliphatic heterocycles. The van der Waals surface area contributed by atoms with Crippen LogP contribution in [0.15, 0.2) is 41.3 Å². The molecule has 0 unspecified atom stereocenters. The van der Waals surface area contributed by atoms with Crippen LogP contribution in [0.3, 0.4) is 0 Å². The summed E-state index contributed by atoms with van der Waals surface area (Å²) in [6.07, 6.45) is -2.63. The smallest absolute Gasteiger partial charge is 0.416 e. The first-order chi connectivity index (χ1) is 9.88. The van der Waals surface area contributed by atoms with E-state index in [0.717, 1.165) is 12.1 Å². The topological polar surface area (TPSA) is 45.4 Å². The molecule has 0 saturated heterocycles. The molecule has 1 heterocycles. The Morgan fingerprint density at radius 3 is 2.67 bits per heavy atom. The van der Waals surface area contributed by atoms with Gasteiger partial charge in [-0.25, -0.2) is 0 Å². The molecule has 2 aromatic rings. The lowest BCUT2D eigenvalue weighted by Crippen LogP contribution is -2.04. The molecule has 21 heavy (non-hydrogen) atoms. The molecular weight excluding hydrogens is 283 g/mol. The molecule has 0 fully saturated rings. The van der Waals surface area contributed by atoms with Crippen molar-refractivity contribution in [3.8, 4) is 16.9 Å². The number of rotatable bonds is 4. The van der Waals surface area contributed by atoms with Gasteiger partial charge >= 0.3 is 6.18 Å². The molecule has 0 amide bonds. The van der Waals surface area contributed by atoms with Crippen molar-refractivity contribution in [2.45, 2.75) is 12.6 Å². The van der Waals surface area contributed by atoms with Gasteiger partial charge in [0.15, 0.2) is 11.5 Å². The largest absolute Gasteiger partial charge is 0.504 e. The van der Waals surface area contributed by atoms with Crippen LogP contribution in [-0.4, -0.2) is 12.2 Å². The zero-order valence-corrected chi connectivity index (χ0v) is 11.3. The van der Waals surface area contributed by atoms with Gasteiger partial charge in [0, 0.05) is 13.5 Å². The number of anilines is 1. The minimum absolute atomic E-state index is 0.182. The number of hydrogen-bond donors (Lipinski definition) is 2. The van der Waals surface area contributed by atoms with Crippen molar-refractivity contribution in [3.05, 3.63) is 48.2 Å². The fourth-order valence-corrected chi connectivity index (χ4v) is 2.03. The average Bonchev–Trinajstić information content (AvgIpc) is 2.75. The lowest BCUT2D eigenvalue weighted by Gasteiger charge is -2.09. The van der Waals surface area contributed by atoms with Crippen molar-refractivity contribution in [1.82, 2.24) is 0 Å². The Morgan fingerprint density at radius 2 is 2.10 bits per heavy atom. The fourth-order valence-electron chi connectivity index (χ4n) is 2.03. The molecule has 6 heteroatoms. The first-order valence-electron chi connectivity index (χ1n) is 6.19. The number of hydrogen-bond acceptors (Lipinski definition) is 3. The minimum Gasteiger partial charge on any atom is -0.504 e. The van der Waals surface area contributed by atoms with Crippen molar-refractivity contribution < 1.29 is 22.7 Å². The summed E-state index contributed by atoms with van der Waals surface area (Å²) in [4.78, 5) is 0. The van der Waals surface area contributed by atoms with Crippen molar-refractivity contribution in [1.29, 1.82) is 0 Å². The van der Waals surface area contributed by atoms with Gasteiger partial charge in [-0.2, -0.15) is 13.2 Å². The predicted molar refractivity (Wildman–Crippen MR) is 74.3 cm³/mol. The second kappa shape index (κ2) is 5.55. The quantitative estimate of drug-likeness (QED) is 0.820. The monoisotopic (exact) mass is 297 g/mol. The van der Waals surface area contributed by atoms with Crippen LogP contribution in [-0.2, 0) is 12.6 Å². The third kappa shape index (κ3) is 2.89. The van der Waals surface area contributed by atoms with Gasteiger partial charge in [0.1, 0.15) is 0 Å². The number of allylic oxidation sites excluding steroid dienone is 1. The number of furan rings is 1. The molecule has 0 spiro atoms. The molecule has 0 aliphatic carbocycles. The SMILES string of the molecule is C=CCc1oc(NC)c(-c2cccc(C(F)(F)F)c2)c1O. The number of alkyl halides is 3. The third-order valence-electron chi connectivity index (χ3n) is 2.99. The summed E-state index contributed by atoms with van der Waals surface area (Å²) >= 11 is 0. The lowest BCUT2D eigenvalue weighted by molar-refractivity contribution is -0.137. The van der Waals surface area contributed by atoms with Gasteiger partial charge in [-0.3, -0.25) is 0 Å². The molecule has 0 bridgehead atoms. The Kier molecular flexibility index (Phi) is 3.97. The molecule has 0 saturated carbocycles. The van der Waals surface area contributed by atoms with E-state index >= 15 is 0 Å². The van der Waals surface area contributed by atoms with Gasteiger partial charge in [-0.15, -0.1) is 6.58 Å². The summed E-state index contributed by atoms with van der Waals surface area (Å²) < 4.78 is 43.7. The molecule has 3 nitrogen and oxygen atoms in total. The standard InChI is InChI=1S/C15H14F3NO2/c1-3-5-11-13(20)12(14(19-2)21-11)9-6-4-7-10(8-9)15(16,17)18/h3-4,6-8,19-20H,1,5H2,2H3. The van der Waals surface area contributed by atoms with E-state index in [1.54, 1.807) is 7.05 Å². The second-order valence-corrected chi connectivity index (χ2v) is 4.40. The molecule has 112 valence electrons. The second-order valence-electron chi connectivity index (χ2n) is 4.40. The Hall–Kier alpha value is -2.37. The van der Waals surface area contributed by atoms with Gasteiger partial charge in [-0.05, 0) is 17.7 Å². The summed E-state index contributed by atoms with van der Waals surface area (Å²) in [6, 6.07) is 4.73. The summed E-state index contributed by atoms with van der Waals surface area (Å²) in [5.74, 6) is 0.281. The number of benzene rings is 1. The Morgan fingerprint density at radius 1 is 1.38 bits per heavy atom. The molecule has 2 N–H and O–H groups in total. The summed E-state index contributed by atoms with van der Waals surface area (Å²) in [5, 5.41) is 12.9. The van der Waals surface area contributed by atoms with Gasteiger partial charge in [0.05, 0.1) is 11.1 Å². The van der Waals surface area contributed by atoms with Crippen LogP contribution in [0, 0.1) is 0 Å². The number of nitrogens with one attached hydrogen (secondary N) is 1. The van der Waals surface area contributed by atoms with Crippen LogP contribution in [0.4, 0.5) is 19.1 Å².